The number of aromatic nitrogens is 3. The lowest BCUT2D eigenvalue weighted by atomic mass is 10.0. The molecule has 0 aromatic carbocycles. The minimum absolute atomic E-state index is 0.134. The van der Waals surface area contributed by atoms with E-state index in [0.717, 1.165) is 6.04 Å². The third kappa shape index (κ3) is 5.61. The van der Waals surface area contributed by atoms with Gasteiger partial charge in [-0.1, -0.05) is 19.6 Å². The van der Waals surface area contributed by atoms with Crippen molar-refractivity contribution in [3.8, 4) is 6.07 Å². The molecule has 9 heteroatoms. The Balaban J connectivity index is 2.29. The van der Waals surface area contributed by atoms with Gasteiger partial charge in [0.15, 0.2) is 11.3 Å². The van der Waals surface area contributed by atoms with Crippen LogP contribution in [-0.4, -0.2) is 51.9 Å². The molecule has 0 radical (unpaired) electrons. The second-order valence-corrected chi connectivity index (χ2v) is 14.4. The van der Waals surface area contributed by atoms with Gasteiger partial charge in [0.05, 0.1) is 23.4 Å². The second kappa shape index (κ2) is 8.39. The molecule has 0 saturated carbocycles. The van der Waals surface area contributed by atoms with Crippen molar-refractivity contribution in [1.82, 2.24) is 19.9 Å². The maximum Gasteiger partial charge on any atom is 0.255 e. The van der Waals surface area contributed by atoms with Gasteiger partial charge in [-0.05, 0) is 26.8 Å². The van der Waals surface area contributed by atoms with E-state index in [9.17, 15) is 9.90 Å². The van der Waals surface area contributed by atoms with Gasteiger partial charge in [-0.3, -0.25) is 4.79 Å². The van der Waals surface area contributed by atoms with Gasteiger partial charge >= 0.3 is 0 Å². The fourth-order valence-electron chi connectivity index (χ4n) is 2.36. The van der Waals surface area contributed by atoms with E-state index in [2.05, 4.69) is 34.9 Å². The van der Waals surface area contributed by atoms with Crippen LogP contribution in [0.2, 0.25) is 25.7 Å². The number of fused-ring (bicyclic) bond motifs is 1. The summed E-state index contributed by atoms with van der Waals surface area (Å²) in [7, 11) is -1.20. The second-order valence-electron chi connectivity index (χ2n) is 8.75. The molecular formula is C19H29N5O3Si. The average Bonchev–Trinajstić information content (AvgIpc) is 2.95. The van der Waals surface area contributed by atoms with Crippen molar-refractivity contribution in [3.05, 3.63) is 23.7 Å². The molecule has 0 unspecified atom stereocenters. The number of ether oxygens (including phenoxy) is 1. The van der Waals surface area contributed by atoms with Crippen LogP contribution in [0, 0.1) is 11.3 Å². The number of rotatable bonds is 8. The molecule has 1 amide bonds. The van der Waals surface area contributed by atoms with Crippen LogP contribution in [0.3, 0.4) is 0 Å². The van der Waals surface area contributed by atoms with Gasteiger partial charge in [-0.25, -0.2) is 9.97 Å². The first-order valence-electron chi connectivity index (χ1n) is 9.29. The van der Waals surface area contributed by atoms with Gasteiger partial charge in [0, 0.05) is 20.9 Å². The summed E-state index contributed by atoms with van der Waals surface area (Å²) in [6.45, 7) is 12.7. The van der Waals surface area contributed by atoms with Crippen LogP contribution in [0.15, 0.2) is 12.4 Å². The summed E-state index contributed by atoms with van der Waals surface area (Å²) >= 11 is 0. The lowest BCUT2D eigenvalue weighted by Crippen LogP contribution is -2.47. The molecule has 0 aliphatic heterocycles. The standard InChI is InChI=1S/C19H29N5O3Si/c1-13(19(2,3)26)22-18(25)15-11-24(12-27-7-8-28(4,5)6)17-16(15)23-14(9-20)10-21-17/h10-11,13,26H,7-8,12H2,1-6H3,(H,22,25)/t13-/m1/s1. The van der Waals surface area contributed by atoms with E-state index < -0.39 is 19.7 Å². The van der Waals surface area contributed by atoms with Crippen LogP contribution in [0.1, 0.15) is 36.8 Å². The Morgan fingerprint density at radius 1 is 1.46 bits per heavy atom. The molecular weight excluding hydrogens is 374 g/mol. The topological polar surface area (TPSA) is 113 Å². The van der Waals surface area contributed by atoms with E-state index in [1.165, 1.54) is 6.20 Å². The van der Waals surface area contributed by atoms with E-state index in [1.54, 1.807) is 31.5 Å². The minimum Gasteiger partial charge on any atom is -0.388 e. The smallest absolute Gasteiger partial charge is 0.255 e. The summed E-state index contributed by atoms with van der Waals surface area (Å²) in [6, 6.07) is 2.51. The highest BCUT2D eigenvalue weighted by atomic mass is 28.3. The number of nitriles is 1. The zero-order valence-corrected chi connectivity index (χ0v) is 18.4. The predicted octanol–water partition coefficient (Wildman–Crippen LogP) is 2.50. The van der Waals surface area contributed by atoms with E-state index >= 15 is 0 Å². The SMILES string of the molecule is C[C@@H](NC(=O)c1cn(COCC[Si](C)(C)C)c2ncc(C#N)nc12)C(C)(C)O. The van der Waals surface area contributed by atoms with Crippen LogP contribution in [0.4, 0.5) is 0 Å². The van der Waals surface area contributed by atoms with Crippen LogP contribution >= 0.6 is 0 Å². The van der Waals surface area contributed by atoms with Gasteiger partial charge in [0.25, 0.3) is 5.91 Å². The Bertz CT molecular complexity index is 890. The minimum atomic E-state index is -1.20. The highest BCUT2D eigenvalue weighted by molar-refractivity contribution is 6.76. The molecule has 28 heavy (non-hydrogen) atoms. The van der Waals surface area contributed by atoms with Crippen molar-refractivity contribution in [2.24, 2.45) is 0 Å². The Morgan fingerprint density at radius 3 is 2.71 bits per heavy atom. The molecule has 0 fully saturated rings. The zero-order chi connectivity index (χ0) is 21.1. The molecule has 0 aliphatic rings. The quantitative estimate of drug-likeness (QED) is 0.517. The fraction of sp³-hybridized carbons (Fsp3) is 0.579. The summed E-state index contributed by atoms with van der Waals surface area (Å²) in [5.41, 5.74) is 0.178. The van der Waals surface area contributed by atoms with E-state index in [1.807, 2.05) is 6.07 Å². The number of carbonyl (C=O) groups is 1. The molecule has 2 aromatic heterocycles. The Labute approximate surface area is 166 Å². The first kappa shape index (κ1) is 22.0. The number of amides is 1. The molecule has 0 spiro atoms. The third-order valence-corrected chi connectivity index (χ3v) is 6.26. The lowest BCUT2D eigenvalue weighted by molar-refractivity contribution is 0.0409. The van der Waals surface area contributed by atoms with Crippen molar-refractivity contribution in [2.75, 3.05) is 6.61 Å². The molecule has 2 aromatic rings. The average molecular weight is 404 g/mol. The highest BCUT2D eigenvalue weighted by Gasteiger charge is 2.26. The van der Waals surface area contributed by atoms with E-state index in [4.69, 9.17) is 10.00 Å². The van der Waals surface area contributed by atoms with Crippen molar-refractivity contribution < 1.29 is 14.6 Å². The summed E-state index contributed by atoms with van der Waals surface area (Å²) < 4.78 is 7.50. The molecule has 2 heterocycles. The summed E-state index contributed by atoms with van der Waals surface area (Å²) in [6.07, 6.45) is 3.01. The van der Waals surface area contributed by atoms with Gasteiger partial charge in [-0.2, -0.15) is 5.26 Å². The highest BCUT2D eigenvalue weighted by Crippen LogP contribution is 2.20. The van der Waals surface area contributed by atoms with Crippen molar-refractivity contribution in [1.29, 1.82) is 5.26 Å². The Hall–Kier alpha value is -2.28. The summed E-state index contributed by atoms with van der Waals surface area (Å²) in [5.74, 6) is -0.384. The molecule has 0 aliphatic carbocycles. The summed E-state index contributed by atoms with van der Waals surface area (Å²) in [5, 5.41) is 22.0. The summed E-state index contributed by atoms with van der Waals surface area (Å²) in [4.78, 5) is 21.3. The number of aliphatic hydroxyl groups is 1. The first-order valence-corrected chi connectivity index (χ1v) is 13.0. The van der Waals surface area contributed by atoms with Crippen molar-refractivity contribution in [3.63, 3.8) is 0 Å². The van der Waals surface area contributed by atoms with E-state index in [-0.39, 0.29) is 18.3 Å². The van der Waals surface area contributed by atoms with Crippen molar-refractivity contribution >= 4 is 25.1 Å². The monoisotopic (exact) mass is 403 g/mol. The molecule has 152 valence electrons. The van der Waals surface area contributed by atoms with Crippen molar-refractivity contribution in [2.45, 2.75) is 64.8 Å². The lowest BCUT2D eigenvalue weighted by Gasteiger charge is -2.26. The molecule has 8 nitrogen and oxygen atoms in total. The predicted molar refractivity (Wildman–Crippen MR) is 110 cm³/mol. The molecule has 0 saturated heterocycles. The van der Waals surface area contributed by atoms with Gasteiger partial charge in [0.2, 0.25) is 0 Å². The maximum absolute atomic E-state index is 12.8. The first-order chi connectivity index (χ1) is 12.9. The third-order valence-electron chi connectivity index (χ3n) is 4.56. The van der Waals surface area contributed by atoms with Crippen LogP contribution in [0.5, 0.6) is 0 Å². The van der Waals surface area contributed by atoms with Gasteiger partial charge in [-0.15, -0.1) is 0 Å². The molecule has 0 bridgehead atoms. The Morgan fingerprint density at radius 2 is 2.14 bits per heavy atom. The number of nitrogens with one attached hydrogen (secondary N) is 1. The zero-order valence-electron chi connectivity index (χ0n) is 17.4. The largest absolute Gasteiger partial charge is 0.388 e. The van der Waals surface area contributed by atoms with Crippen LogP contribution in [0.25, 0.3) is 11.2 Å². The van der Waals surface area contributed by atoms with Crippen LogP contribution < -0.4 is 5.32 Å². The fourth-order valence-corrected chi connectivity index (χ4v) is 3.12. The van der Waals surface area contributed by atoms with Gasteiger partial charge < -0.3 is 19.7 Å². The number of carbonyl (C=O) groups excluding carboxylic acids is 1. The van der Waals surface area contributed by atoms with Crippen LogP contribution in [-0.2, 0) is 11.5 Å². The number of nitrogens with zero attached hydrogens (tertiary/aromatic N) is 4. The molecule has 2 rings (SSSR count). The number of hydrogen-bond donors (Lipinski definition) is 2. The molecule has 1 atom stereocenters. The maximum atomic E-state index is 12.8. The molecule has 2 N–H and O–H groups in total. The normalized spacial score (nSPS) is 13.4. The van der Waals surface area contributed by atoms with E-state index in [0.29, 0.717) is 23.3 Å². The van der Waals surface area contributed by atoms with Gasteiger partial charge in [0.1, 0.15) is 18.3 Å². The Kier molecular flexibility index (Phi) is 6.59. The number of hydrogen-bond acceptors (Lipinski definition) is 6.